The van der Waals surface area contributed by atoms with Crippen molar-refractivity contribution in [1.29, 1.82) is 0 Å². The summed E-state index contributed by atoms with van der Waals surface area (Å²) >= 11 is 3.53. The van der Waals surface area contributed by atoms with E-state index in [1.807, 2.05) is 37.3 Å². The average Bonchev–Trinajstić information content (AvgIpc) is 2.89. The molecule has 188 valence electrons. The minimum Gasteiger partial charge on any atom is -0.497 e. The van der Waals surface area contributed by atoms with Crippen molar-refractivity contribution in [2.45, 2.75) is 20.5 Å². The molecule has 3 rings (SSSR count). The van der Waals surface area contributed by atoms with Gasteiger partial charge in [-0.3, -0.25) is 9.59 Å². The molecule has 0 aliphatic rings. The van der Waals surface area contributed by atoms with Crippen molar-refractivity contribution >= 4 is 39.6 Å². The monoisotopic (exact) mass is 553 g/mol. The van der Waals surface area contributed by atoms with E-state index in [9.17, 15) is 9.59 Å². The number of rotatable bonds is 11. The van der Waals surface area contributed by atoms with Crippen LogP contribution in [-0.2, 0) is 16.2 Å². The van der Waals surface area contributed by atoms with Gasteiger partial charge in [0.15, 0.2) is 11.5 Å². The Hall–Kier alpha value is -3.85. The van der Waals surface area contributed by atoms with Crippen LogP contribution in [0.15, 0.2) is 76.3 Å². The molecule has 0 aliphatic heterocycles. The first-order chi connectivity index (χ1) is 17.4. The van der Waals surface area contributed by atoms with E-state index in [1.165, 1.54) is 13.1 Å². The molecule has 2 amide bonds. The molecule has 0 aliphatic carbocycles. The molecule has 0 aromatic heterocycles. The molecule has 0 bridgehead atoms. The molecule has 0 spiro atoms. The summed E-state index contributed by atoms with van der Waals surface area (Å²) in [6.45, 7) is 4.23. The second-order valence-corrected chi connectivity index (χ2v) is 8.57. The van der Waals surface area contributed by atoms with E-state index < -0.39 is 17.7 Å². The number of carbonyl (C=O) groups is 2. The minimum atomic E-state index is -0.955. The first-order valence-corrected chi connectivity index (χ1v) is 12.1. The van der Waals surface area contributed by atoms with E-state index in [0.717, 1.165) is 5.56 Å². The first-order valence-electron chi connectivity index (χ1n) is 11.3. The Kier molecular flexibility index (Phi) is 9.88. The quantitative estimate of drug-likeness (QED) is 0.194. The van der Waals surface area contributed by atoms with Crippen LogP contribution in [0.3, 0.4) is 0 Å². The third kappa shape index (κ3) is 7.58. The molecule has 3 aromatic rings. The smallest absolute Gasteiger partial charge is 0.252 e. The number of benzene rings is 3. The number of methoxy groups -OCH3 is 1. The highest BCUT2D eigenvalue weighted by Crippen LogP contribution is 2.37. The minimum absolute atomic E-state index is 0.388. The lowest BCUT2D eigenvalue weighted by molar-refractivity contribution is -0.131. The number of hydrazone groups is 1. The predicted molar refractivity (Wildman–Crippen MR) is 143 cm³/mol. The molecule has 9 heteroatoms. The topological polar surface area (TPSA) is 98.2 Å². The SMILES string of the molecule is CCOc1cc(C=NNC(=O)C(C)C(=O)Nc2ccc(OC)cc2)cc(Br)c1OCc1ccccc1. The Morgan fingerprint density at radius 1 is 1.03 bits per heavy atom. The highest BCUT2D eigenvalue weighted by atomic mass is 79.9. The average molecular weight is 554 g/mol. The van der Waals surface area contributed by atoms with Crippen LogP contribution >= 0.6 is 15.9 Å². The molecule has 3 aromatic carbocycles. The molecule has 2 N–H and O–H groups in total. The summed E-state index contributed by atoms with van der Waals surface area (Å²) in [5.41, 5.74) is 4.68. The fourth-order valence-electron chi connectivity index (χ4n) is 3.11. The van der Waals surface area contributed by atoms with Crippen molar-refractivity contribution < 1.29 is 23.8 Å². The molecule has 8 nitrogen and oxygen atoms in total. The van der Waals surface area contributed by atoms with Crippen LogP contribution in [0.25, 0.3) is 0 Å². The molecular formula is C27H28BrN3O5. The summed E-state index contributed by atoms with van der Waals surface area (Å²) in [7, 11) is 1.56. The molecule has 1 unspecified atom stereocenters. The van der Waals surface area contributed by atoms with E-state index >= 15 is 0 Å². The normalized spacial score (nSPS) is 11.6. The van der Waals surface area contributed by atoms with Gasteiger partial charge < -0.3 is 19.5 Å². The second kappa shape index (κ2) is 13.3. The zero-order chi connectivity index (χ0) is 25.9. The number of amides is 2. The lowest BCUT2D eigenvalue weighted by atomic mass is 10.1. The Morgan fingerprint density at radius 3 is 2.42 bits per heavy atom. The van der Waals surface area contributed by atoms with Gasteiger partial charge in [0.1, 0.15) is 18.3 Å². The van der Waals surface area contributed by atoms with Crippen LogP contribution < -0.4 is 25.0 Å². The fourth-order valence-corrected chi connectivity index (χ4v) is 3.68. The van der Waals surface area contributed by atoms with Gasteiger partial charge >= 0.3 is 0 Å². The van der Waals surface area contributed by atoms with Gasteiger partial charge in [-0.2, -0.15) is 5.10 Å². The van der Waals surface area contributed by atoms with Gasteiger partial charge in [-0.25, -0.2) is 5.43 Å². The van der Waals surface area contributed by atoms with E-state index in [1.54, 1.807) is 43.5 Å². The maximum atomic E-state index is 12.4. The van der Waals surface area contributed by atoms with Crippen LogP contribution in [0.4, 0.5) is 5.69 Å². The Morgan fingerprint density at radius 2 is 1.75 bits per heavy atom. The van der Waals surface area contributed by atoms with E-state index in [-0.39, 0.29) is 0 Å². The predicted octanol–water partition coefficient (Wildman–Crippen LogP) is 5.16. The van der Waals surface area contributed by atoms with Gasteiger partial charge in [-0.1, -0.05) is 30.3 Å². The molecule has 36 heavy (non-hydrogen) atoms. The van der Waals surface area contributed by atoms with E-state index in [0.29, 0.717) is 46.2 Å². The lowest BCUT2D eigenvalue weighted by Crippen LogP contribution is -2.34. The van der Waals surface area contributed by atoms with Crippen molar-refractivity contribution in [3.05, 3.63) is 82.3 Å². The third-order valence-corrected chi connectivity index (χ3v) is 5.68. The fraction of sp³-hybridized carbons (Fsp3) is 0.222. The number of halogens is 1. The number of carbonyl (C=O) groups excluding carboxylic acids is 2. The standard InChI is InChI=1S/C27H28BrN3O5/c1-4-35-24-15-20(14-23(28)25(24)36-17-19-8-6-5-7-9-19)16-29-31-27(33)18(2)26(32)30-21-10-12-22(34-3)13-11-21/h5-16,18H,4,17H2,1-3H3,(H,30,32)(H,31,33). The number of hydrogen-bond acceptors (Lipinski definition) is 6. The second-order valence-electron chi connectivity index (χ2n) is 7.71. The summed E-state index contributed by atoms with van der Waals surface area (Å²) in [6, 6.07) is 20.2. The van der Waals surface area contributed by atoms with Gasteiger partial charge in [0, 0.05) is 5.69 Å². The maximum absolute atomic E-state index is 12.4. The number of hydrogen-bond donors (Lipinski definition) is 2. The lowest BCUT2D eigenvalue weighted by Gasteiger charge is -2.15. The number of nitrogens with zero attached hydrogens (tertiary/aromatic N) is 1. The van der Waals surface area contributed by atoms with Crippen LogP contribution in [0, 0.1) is 5.92 Å². The summed E-state index contributed by atoms with van der Waals surface area (Å²) in [4.78, 5) is 24.8. The molecule has 0 fully saturated rings. The van der Waals surface area contributed by atoms with Gasteiger partial charge in [-0.15, -0.1) is 0 Å². The van der Waals surface area contributed by atoms with Gasteiger partial charge in [-0.05, 0) is 77.3 Å². The molecule has 1 atom stereocenters. The molecule has 0 radical (unpaired) electrons. The van der Waals surface area contributed by atoms with Crippen molar-refractivity contribution in [3.63, 3.8) is 0 Å². The third-order valence-electron chi connectivity index (χ3n) is 5.09. The summed E-state index contributed by atoms with van der Waals surface area (Å²) in [5.74, 6) is -0.154. The largest absolute Gasteiger partial charge is 0.497 e. The van der Waals surface area contributed by atoms with Crippen molar-refractivity contribution in [2.24, 2.45) is 11.0 Å². The van der Waals surface area contributed by atoms with Crippen LogP contribution in [0.1, 0.15) is 25.0 Å². The highest BCUT2D eigenvalue weighted by Gasteiger charge is 2.21. The van der Waals surface area contributed by atoms with Crippen LogP contribution in [0.5, 0.6) is 17.2 Å². The Bertz CT molecular complexity index is 1200. The van der Waals surface area contributed by atoms with E-state index in [2.05, 4.69) is 31.8 Å². The van der Waals surface area contributed by atoms with Gasteiger partial charge in [0.25, 0.3) is 5.91 Å². The molecule has 0 saturated carbocycles. The summed E-state index contributed by atoms with van der Waals surface area (Å²) in [6.07, 6.45) is 1.47. The highest BCUT2D eigenvalue weighted by molar-refractivity contribution is 9.10. The van der Waals surface area contributed by atoms with Crippen molar-refractivity contribution in [3.8, 4) is 17.2 Å². The Labute approximate surface area is 218 Å². The molecule has 0 saturated heterocycles. The van der Waals surface area contributed by atoms with Gasteiger partial charge in [0.05, 0.1) is 24.4 Å². The molecule has 0 heterocycles. The van der Waals surface area contributed by atoms with Crippen molar-refractivity contribution in [2.75, 3.05) is 19.0 Å². The van der Waals surface area contributed by atoms with Crippen LogP contribution in [-0.4, -0.2) is 31.7 Å². The van der Waals surface area contributed by atoms with E-state index in [4.69, 9.17) is 14.2 Å². The zero-order valence-corrected chi connectivity index (χ0v) is 21.9. The Balaban J connectivity index is 1.61. The van der Waals surface area contributed by atoms with Crippen molar-refractivity contribution in [1.82, 2.24) is 5.43 Å². The maximum Gasteiger partial charge on any atom is 0.252 e. The summed E-state index contributed by atoms with van der Waals surface area (Å²) < 4.78 is 17.5. The number of nitrogens with one attached hydrogen (secondary N) is 2. The zero-order valence-electron chi connectivity index (χ0n) is 20.3. The number of ether oxygens (including phenoxy) is 3. The first kappa shape index (κ1) is 26.7. The van der Waals surface area contributed by atoms with Gasteiger partial charge in [0.2, 0.25) is 5.91 Å². The molecular weight excluding hydrogens is 526 g/mol. The number of anilines is 1. The summed E-state index contributed by atoms with van der Waals surface area (Å²) in [5, 5.41) is 6.70. The van der Waals surface area contributed by atoms with Crippen LogP contribution in [0.2, 0.25) is 0 Å².